The zero-order valence-electron chi connectivity index (χ0n) is 7.54. The molecule has 0 radical (unpaired) electrons. The van der Waals surface area contributed by atoms with Gasteiger partial charge in [-0.2, -0.15) is 0 Å². The molecule has 3 heteroatoms. The molecule has 0 aromatic rings. The summed E-state index contributed by atoms with van der Waals surface area (Å²) >= 11 is 0. The van der Waals surface area contributed by atoms with Gasteiger partial charge in [-0.05, 0) is 25.2 Å². The highest BCUT2D eigenvalue weighted by Crippen LogP contribution is 2.43. The third-order valence-electron chi connectivity index (χ3n) is 2.05. The monoisotopic (exact) mass is 176 g/mol. The Morgan fingerprint density at radius 2 is 2.00 bits per heavy atom. The molecular weight excluding hydrogens is 159 g/mol. The van der Waals surface area contributed by atoms with Crippen LogP contribution in [0.4, 0.5) is 0 Å². The smallest absolute Gasteiger partial charge is 0.197 e. The van der Waals surface area contributed by atoms with Crippen LogP contribution < -0.4 is 0 Å². The zero-order valence-corrected chi connectivity index (χ0v) is 8.43. The summed E-state index contributed by atoms with van der Waals surface area (Å²) in [5.41, 5.74) is 0. The van der Waals surface area contributed by atoms with Gasteiger partial charge in [-0.15, -0.1) is 0 Å². The topological polar surface area (TPSA) is 26.3 Å². The maximum atomic E-state index is 11.3. The van der Waals surface area contributed by atoms with Gasteiger partial charge in [0.15, 0.2) is 7.37 Å². The Balaban J connectivity index is 2.34. The van der Waals surface area contributed by atoms with Gasteiger partial charge in [0, 0.05) is 13.3 Å². The fraction of sp³-hybridized carbons (Fsp3) is 1.00. The molecule has 66 valence electrons. The van der Waals surface area contributed by atoms with Gasteiger partial charge >= 0.3 is 0 Å². The van der Waals surface area contributed by atoms with Crippen molar-refractivity contribution in [3.63, 3.8) is 0 Å². The maximum Gasteiger partial charge on any atom is 0.197 e. The molecule has 1 aliphatic rings. The van der Waals surface area contributed by atoms with Crippen LogP contribution >= 0.6 is 7.37 Å². The van der Waals surface area contributed by atoms with Crippen LogP contribution in [0, 0.1) is 5.92 Å². The molecule has 0 saturated heterocycles. The van der Waals surface area contributed by atoms with Crippen molar-refractivity contribution in [3.8, 4) is 0 Å². The van der Waals surface area contributed by atoms with E-state index in [1.54, 1.807) is 13.3 Å². The van der Waals surface area contributed by atoms with Crippen LogP contribution in [0.3, 0.4) is 0 Å². The predicted molar refractivity (Wildman–Crippen MR) is 47.3 cm³/mol. The average Bonchev–Trinajstić information content (AvgIpc) is 2.10. The lowest BCUT2D eigenvalue weighted by Gasteiger charge is -2.14. The van der Waals surface area contributed by atoms with E-state index < -0.39 is 7.37 Å². The lowest BCUT2D eigenvalue weighted by molar-refractivity contribution is 0.212. The SMILES string of the molecule is CC1CCC(OP(C)(C)=O)C1. The standard InChI is InChI=1S/C8H17O2P/c1-7-4-5-8(6-7)10-11(2,3)9/h7-8H,4-6H2,1-3H3. The molecule has 0 spiro atoms. The second-order valence-electron chi connectivity index (χ2n) is 3.90. The molecule has 2 nitrogen and oxygen atoms in total. The molecule has 0 N–H and O–H groups in total. The van der Waals surface area contributed by atoms with Crippen molar-refractivity contribution in [2.45, 2.75) is 32.3 Å². The lowest BCUT2D eigenvalue weighted by atomic mass is 10.1. The highest BCUT2D eigenvalue weighted by Gasteiger charge is 2.25. The minimum Gasteiger partial charge on any atom is -0.325 e. The maximum absolute atomic E-state index is 11.3. The van der Waals surface area contributed by atoms with Gasteiger partial charge < -0.3 is 4.52 Å². The third kappa shape index (κ3) is 3.39. The normalized spacial score (nSPS) is 32.6. The Morgan fingerprint density at radius 1 is 1.36 bits per heavy atom. The van der Waals surface area contributed by atoms with Gasteiger partial charge in [-0.1, -0.05) is 6.92 Å². The summed E-state index contributed by atoms with van der Waals surface area (Å²) in [7, 11) is -2.24. The minimum atomic E-state index is -2.24. The van der Waals surface area contributed by atoms with Crippen molar-refractivity contribution in [1.29, 1.82) is 0 Å². The first-order valence-electron chi connectivity index (χ1n) is 4.21. The van der Waals surface area contributed by atoms with E-state index in [0.29, 0.717) is 0 Å². The number of hydrogen-bond acceptors (Lipinski definition) is 2. The van der Waals surface area contributed by atoms with Crippen molar-refractivity contribution in [1.82, 2.24) is 0 Å². The summed E-state index contributed by atoms with van der Waals surface area (Å²) in [4.78, 5) is 0. The van der Waals surface area contributed by atoms with Gasteiger partial charge in [-0.25, -0.2) is 0 Å². The molecule has 1 saturated carbocycles. The van der Waals surface area contributed by atoms with Gasteiger partial charge in [0.2, 0.25) is 0 Å². The van der Waals surface area contributed by atoms with E-state index in [0.717, 1.165) is 18.8 Å². The molecule has 11 heavy (non-hydrogen) atoms. The van der Waals surface area contributed by atoms with Crippen molar-refractivity contribution >= 4 is 7.37 Å². The molecule has 0 heterocycles. The summed E-state index contributed by atoms with van der Waals surface area (Å²) in [5, 5.41) is 0. The van der Waals surface area contributed by atoms with Crippen molar-refractivity contribution in [2.75, 3.05) is 13.3 Å². The van der Waals surface area contributed by atoms with Crippen LogP contribution in [0.1, 0.15) is 26.2 Å². The quantitative estimate of drug-likeness (QED) is 0.604. The fourth-order valence-electron chi connectivity index (χ4n) is 1.61. The molecule has 0 aromatic carbocycles. The van der Waals surface area contributed by atoms with Crippen LogP contribution in [0.2, 0.25) is 0 Å². The second kappa shape index (κ2) is 3.28. The van der Waals surface area contributed by atoms with Crippen LogP contribution in [0.5, 0.6) is 0 Å². The van der Waals surface area contributed by atoms with Crippen LogP contribution in [-0.4, -0.2) is 19.4 Å². The van der Waals surface area contributed by atoms with Crippen LogP contribution in [0.15, 0.2) is 0 Å². The minimum absolute atomic E-state index is 0.269. The van der Waals surface area contributed by atoms with Crippen LogP contribution in [0.25, 0.3) is 0 Å². The fourth-order valence-corrected chi connectivity index (χ4v) is 2.52. The summed E-state index contributed by atoms with van der Waals surface area (Å²) in [6.07, 6.45) is 3.68. The molecule has 0 aromatic heterocycles. The number of rotatable bonds is 2. The molecule has 2 unspecified atom stereocenters. The molecule has 1 rings (SSSR count). The third-order valence-corrected chi connectivity index (χ3v) is 2.86. The van der Waals surface area contributed by atoms with Gasteiger partial charge in [-0.3, -0.25) is 4.57 Å². The number of hydrogen-bond donors (Lipinski definition) is 0. The highest BCUT2D eigenvalue weighted by atomic mass is 31.2. The second-order valence-corrected chi connectivity index (χ2v) is 6.61. The Morgan fingerprint density at radius 3 is 2.36 bits per heavy atom. The van der Waals surface area contributed by atoms with E-state index in [2.05, 4.69) is 6.92 Å². The highest BCUT2D eigenvalue weighted by molar-refractivity contribution is 7.57. The van der Waals surface area contributed by atoms with E-state index >= 15 is 0 Å². The molecule has 1 fully saturated rings. The predicted octanol–water partition coefficient (Wildman–Crippen LogP) is 2.73. The summed E-state index contributed by atoms with van der Waals surface area (Å²) in [6.45, 7) is 5.60. The van der Waals surface area contributed by atoms with Gasteiger partial charge in [0.05, 0.1) is 6.10 Å². The van der Waals surface area contributed by atoms with Crippen LogP contribution in [-0.2, 0) is 9.09 Å². The molecule has 0 amide bonds. The Labute approximate surface area is 68.8 Å². The molecule has 1 aliphatic carbocycles. The molecule has 0 bridgehead atoms. The lowest BCUT2D eigenvalue weighted by Crippen LogP contribution is -2.05. The van der Waals surface area contributed by atoms with E-state index in [4.69, 9.17) is 4.52 Å². The van der Waals surface area contributed by atoms with Crippen molar-refractivity contribution in [2.24, 2.45) is 5.92 Å². The summed E-state index contributed by atoms with van der Waals surface area (Å²) in [6, 6.07) is 0. The Kier molecular flexibility index (Phi) is 2.77. The molecule has 2 atom stereocenters. The van der Waals surface area contributed by atoms with E-state index in [1.165, 1.54) is 6.42 Å². The first kappa shape index (κ1) is 9.28. The molecule has 0 aliphatic heterocycles. The van der Waals surface area contributed by atoms with Crippen molar-refractivity contribution < 1.29 is 9.09 Å². The van der Waals surface area contributed by atoms with E-state index in [-0.39, 0.29) is 6.10 Å². The van der Waals surface area contributed by atoms with Gasteiger partial charge in [0.1, 0.15) is 0 Å². The average molecular weight is 176 g/mol. The van der Waals surface area contributed by atoms with Gasteiger partial charge in [0.25, 0.3) is 0 Å². The van der Waals surface area contributed by atoms with E-state index in [1.807, 2.05) is 0 Å². The van der Waals surface area contributed by atoms with Crippen molar-refractivity contribution in [3.05, 3.63) is 0 Å². The summed E-state index contributed by atoms with van der Waals surface area (Å²) < 4.78 is 16.7. The van der Waals surface area contributed by atoms with E-state index in [9.17, 15) is 4.57 Å². The first-order chi connectivity index (χ1) is 4.97. The molecular formula is C8H17O2P. The Bertz CT molecular complexity index is 173. The first-order valence-corrected chi connectivity index (χ1v) is 6.72. The largest absolute Gasteiger partial charge is 0.325 e. The Hall–Kier alpha value is 0.190. The summed E-state index contributed by atoms with van der Waals surface area (Å²) in [5.74, 6) is 0.756. The zero-order chi connectivity index (χ0) is 8.48.